The molecular formula is C11H12F2. The van der Waals surface area contributed by atoms with Gasteiger partial charge in [0, 0.05) is 5.56 Å². The zero-order chi connectivity index (χ0) is 9.84. The standard InChI is InChI=1S/C11H12F2/c1-3-8(2)7-9-5-4-6-10(12)11(9)13/h4-7H,3H2,1-2H3/b8-7+. The molecule has 0 N–H and O–H groups in total. The summed E-state index contributed by atoms with van der Waals surface area (Å²) < 4.78 is 25.8. The smallest absolute Gasteiger partial charge is 0.166 e. The zero-order valence-corrected chi connectivity index (χ0v) is 7.77. The van der Waals surface area contributed by atoms with Gasteiger partial charge in [-0.3, -0.25) is 0 Å². The number of hydrogen-bond donors (Lipinski definition) is 0. The Kier molecular flexibility index (Phi) is 3.18. The van der Waals surface area contributed by atoms with Crippen LogP contribution in [0.5, 0.6) is 0 Å². The van der Waals surface area contributed by atoms with Gasteiger partial charge in [0.25, 0.3) is 0 Å². The molecule has 0 fully saturated rings. The summed E-state index contributed by atoms with van der Waals surface area (Å²) in [5, 5.41) is 0. The highest BCUT2D eigenvalue weighted by Gasteiger charge is 2.04. The predicted molar refractivity (Wildman–Crippen MR) is 50.3 cm³/mol. The molecule has 0 saturated carbocycles. The normalized spacial score (nSPS) is 11.8. The van der Waals surface area contributed by atoms with Crippen molar-refractivity contribution in [1.29, 1.82) is 0 Å². The molecule has 70 valence electrons. The van der Waals surface area contributed by atoms with Gasteiger partial charge in [-0.05, 0) is 19.4 Å². The lowest BCUT2D eigenvalue weighted by Gasteiger charge is -1.99. The quantitative estimate of drug-likeness (QED) is 0.653. The van der Waals surface area contributed by atoms with Gasteiger partial charge in [0.05, 0.1) is 0 Å². The second-order valence-electron chi connectivity index (χ2n) is 2.99. The SMILES string of the molecule is CC/C(C)=C/c1cccc(F)c1F. The van der Waals surface area contributed by atoms with Crippen LogP contribution in [0.4, 0.5) is 8.78 Å². The molecule has 0 atom stereocenters. The Labute approximate surface area is 76.9 Å². The van der Waals surface area contributed by atoms with E-state index in [0.717, 1.165) is 18.1 Å². The average molecular weight is 182 g/mol. The summed E-state index contributed by atoms with van der Waals surface area (Å²) in [6, 6.07) is 4.19. The molecule has 0 aliphatic carbocycles. The Bertz CT molecular complexity index is 327. The molecule has 1 aromatic rings. The van der Waals surface area contributed by atoms with E-state index in [1.54, 1.807) is 12.1 Å². The van der Waals surface area contributed by atoms with Crippen LogP contribution in [0.3, 0.4) is 0 Å². The Morgan fingerprint density at radius 2 is 2.08 bits per heavy atom. The molecule has 1 aromatic carbocycles. The lowest BCUT2D eigenvalue weighted by molar-refractivity contribution is 0.507. The van der Waals surface area contributed by atoms with E-state index in [0.29, 0.717) is 5.56 Å². The third kappa shape index (κ3) is 2.38. The van der Waals surface area contributed by atoms with Gasteiger partial charge in [-0.1, -0.05) is 30.7 Å². The van der Waals surface area contributed by atoms with Crippen LogP contribution in [0.1, 0.15) is 25.8 Å². The average Bonchev–Trinajstić information content (AvgIpc) is 2.13. The molecule has 0 aliphatic heterocycles. The van der Waals surface area contributed by atoms with Crippen LogP contribution >= 0.6 is 0 Å². The van der Waals surface area contributed by atoms with Crippen LogP contribution in [-0.4, -0.2) is 0 Å². The maximum absolute atomic E-state index is 13.1. The van der Waals surface area contributed by atoms with E-state index in [2.05, 4.69) is 0 Å². The van der Waals surface area contributed by atoms with E-state index in [9.17, 15) is 8.78 Å². The van der Waals surface area contributed by atoms with Crippen LogP contribution in [0.25, 0.3) is 6.08 Å². The molecule has 0 amide bonds. The highest BCUT2D eigenvalue weighted by Crippen LogP contribution is 2.15. The van der Waals surface area contributed by atoms with Crippen molar-refractivity contribution in [1.82, 2.24) is 0 Å². The van der Waals surface area contributed by atoms with Crippen molar-refractivity contribution in [3.63, 3.8) is 0 Å². The number of rotatable bonds is 2. The summed E-state index contributed by atoms with van der Waals surface area (Å²) in [5.41, 5.74) is 1.35. The maximum atomic E-state index is 13.1. The first-order chi connectivity index (χ1) is 6.15. The summed E-state index contributed by atoms with van der Waals surface area (Å²) in [7, 11) is 0. The fraction of sp³-hybridized carbons (Fsp3) is 0.273. The summed E-state index contributed by atoms with van der Waals surface area (Å²) in [5.74, 6) is -1.56. The van der Waals surface area contributed by atoms with Gasteiger partial charge in [-0.15, -0.1) is 0 Å². The lowest BCUT2D eigenvalue weighted by Crippen LogP contribution is -1.88. The fourth-order valence-electron chi connectivity index (χ4n) is 0.999. The van der Waals surface area contributed by atoms with Crippen molar-refractivity contribution in [3.05, 3.63) is 41.0 Å². The highest BCUT2D eigenvalue weighted by atomic mass is 19.2. The number of allylic oxidation sites excluding steroid dienone is 1. The monoisotopic (exact) mass is 182 g/mol. The topological polar surface area (TPSA) is 0 Å². The minimum Gasteiger partial charge on any atom is -0.204 e. The van der Waals surface area contributed by atoms with Gasteiger partial charge in [0.2, 0.25) is 0 Å². The van der Waals surface area contributed by atoms with Crippen LogP contribution in [0, 0.1) is 11.6 Å². The molecule has 0 aliphatic rings. The van der Waals surface area contributed by atoms with Crippen LogP contribution in [0.2, 0.25) is 0 Å². The maximum Gasteiger partial charge on any atom is 0.166 e. The Morgan fingerprint density at radius 1 is 1.38 bits per heavy atom. The van der Waals surface area contributed by atoms with Crippen molar-refractivity contribution in [2.45, 2.75) is 20.3 Å². The van der Waals surface area contributed by atoms with E-state index in [4.69, 9.17) is 0 Å². The van der Waals surface area contributed by atoms with Gasteiger partial charge in [-0.2, -0.15) is 0 Å². The molecule has 0 bridgehead atoms. The molecule has 0 saturated heterocycles. The molecule has 0 aromatic heterocycles. The van der Waals surface area contributed by atoms with E-state index >= 15 is 0 Å². The third-order valence-corrected chi connectivity index (χ3v) is 1.94. The van der Waals surface area contributed by atoms with Gasteiger partial charge < -0.3 is 0 Å². The number of benzene rings is 1. The van der Waals surface area contributed by atoms with Crippen molar-refractivity contribution in [2.75, 3.05) is 0 Å². The largest absolute Gasteiger partial charge is 0.204 e. The molecular weight excluding hydrogens is 170 g/mol. The predicted octanol–water partition coefficient (Wildman–Crippen LogP) is 3.78. The van der Waals surface area contributed by atoms with Crippen molar-refractivity contribution < 1.29 is 8.78 Å². The Hall–Kier alpha value is -1.18. The Balaban J connectivity index is 3.09. The molecule has 2 heteroatoms. The van der Waals surface area contributed by atoms with Crippen molar-refractivity contribution in [3.8, 4) is 0 Å². The molecule has 0 heterocycles. The first kappa shape index (κ1) is 9.90. The molecule has 13 heavy (non-hydrogen) atoms. The molecule has 0 nitrogen and oxygen atoms in total. The zero-order valence-electron chi connectivity index (χ0n) is 7.77. The highest BCUT2D eigenvalue weighted by molar-refractivity contribution is 5.52. The molecule has 0 radical (unpaired) electrons. The van der Waals surface area contributed by atoms with Gasteiger partial charge in [0.1, 0.15) is 0 Å². The third-order valence-electron chi connectivity index (χ3n) is 1.94. The molecule has 0 unspecified atom stereocenters. The fourth-order valence-corrected chi connectivity index (χ4v) is 0.999. The van der Waals surface area contributed by atoms with E-state index in [1.165, 1.54) is 6.07 Å². The summed E-state index contributed by atoms with van der Waals surface area (Å²) in [4.78, 5) is 0. The van der Waals surface area contributed by atoms with Gasteiger partial charge in [0.15, 0.2) is 11.6 Å². The minimum absolute atomic E-state index is 0.319. The minimum atomic E-state index is -0.794. The van der Waals surface area contributed by atoms with Crippen molar-refractivity contribution >= 4 is 6.08 Å². The van der Waals surface area contributed by atoms with Crippen LogP contribution in [0.15, 0.2) is 23.8 Å². The first-order valence-corrected chi connectivity index (χ1v) is 4.26. The molecule has 1 rings (SSSR count). The summed E-state index contributed by atoms with van der Waals surface area (Å²) in [6.45, 7) is 3.87. The van der Waals surface area contributed by atoms with Crippen LogP contribution < -0.4 is 0 Å². The summed E-state index contributed by atoms with van der Waals surface area (Å²) >= 11 is 0. The summed E-state index contributed by atoms with van der Waals surface area (Å²) in [6.07, 6.45) is 2.51. The van der Waals surface area contributed by atoms with E-state index in [1.807, 2.05) is 13.8 Å². The van der Waals surface area contributed by atoms with Gasteiger partial charge in [-0.25, -0.2) is 8.78 Å². The van der Waals surface area contributed by atoms with Crippen molar-refractivity contribution in [2.24, 2.45) is 0 Å². The Morgan fingerprint density at radius 3 is 2.69 bits per heavy atom. The van der Waals surface area contributed by atoms with E-state index in [-0.39, 0.29) is 0 Å². The van der Waals surface area contributed by atoms with Crippen LogP contribution in [-0.2, 0) is 0 Å². The number of halogens is 2. The second kappa shape index (κ2) is 4.17. The lowest BCUT2D eigenvalue weighted by atomic mass is 10.1. The number of hydrogen-bond acceptors (Lipinski definition) is 0. The van der Waals surface area contributed by atoms with Gasteiger partial charge >= 0.3 is 0 Å². The second-order valence-corrected chi connectivity index (χ2v) is 2.99. The van der Waals surface area contributed by atoms with E-state index < -0.39 is 11.6 Å². The first-order valence-electron chi connectivity index (χ1n) is 4.26. The molecule has 0 spiro atoms.